The van der Waals surface area contributed by atoms with Crippen LogP contribution >= 0.6 is 23.5 Å². The van der Waals surface area contributed by atoms with Crippen LogP contribution in [-0.4, -0.2) is 51.8 Å². The molecule has 0 bridgehead atoms. The quantitative estimate of drug-likeness (QED) is 0.245. The van der Waals surface area contributed by atoms with E-state index in [0.29, 0.717) is 12.8 Å². The molecule has 33 heavy (non-hydrogen) atoms. The number of hydrogen-bond donors (Lipinski definition) is 6. The number of fused-ring (bicyclic) bond motifs is 1. The number of H-pyrrole nitrogens is 1. The number of nitrogens with one attached hydrogen (secondary N) is 1. The van der Waals surface area contributed by atoms with Crippen molar-refractivity contribution in [2.24, 2.45) is 5.92 Å². The monoisotopic (exact) mass is 535 g/mol. The van der Waals surface area contributed by atoms with Crippen molar-refractivity contribution < 1.29 is 51.2 Å². The van der Waals surface area contributed by atoms with Crippen molar-refractivity contribution in [1.82, 2.24) is 19.5 Å². The van der Waals surface area contributed by atoms with Crippen molar-refractivity contribution in [2.75, 3.05) is 12.3 Å². The minimum absolute atomic E-state index is 0. The van der Waals surface area contributed by atoms with Gasteiger partial charge in [-0.1, -0.05) is 20.8 Å². The first kappa shape index (κ1) is 27.8. The van der Waals surface area contributed by atoms with Crippen LogP contribution in [0.4, 0.5) is 5.95 Å². The molecule has 1 aliphatic heterocycles. The number of phosphoric acid groups is 3. The molecule has 2 unspecified atom stereocenters. The molecule has 7 N–H and O–H groups in total. The Kier molecular flexibility index (Phi) is 8.43. The van der Waals surface area contributed by atoms with Crippen LogP contribution in [0.2, 0.25) is 0 Å². The maximum absolute atomic E-state index is 11.9. The highest BCUT2D eigenvalue weighted by molar-refractivity contribution is 7.66. The summed E-state index contributed by atoms with van der Waals surface area (Å²) in [4.78, 5) is 58.2. The summed E-state index contributed by atoms with van der Waals surface area (Å²) in [7, 11) is -16.4. The Labute approximate surface area is 186 Å². The van der Waals surface area contributed by atoms with Gasteiger partial charge in [0, 0.05) is 0 Å². The van der Waals surface area contributed by atoms with Crippen LogP contribution in [0.25, 0.3) is 11.2 Å². The molecule has 1 fully saturated rings. The van der Waals surface area contributed by atoms with E-state index in [1.54, 1.807) is 0 Å². The molecule has 0 amide bonds. The smallest absolute Gasteiger partial charge is 0.369 e. The van der Waals surface area contributed by atoms with Gasteiger partial charge in [0.2, 0.25) is 5.95 Å². The number of hydrogen-bond acceptors (Lipinski definition) is 11. The Hall–Kier alpha value is -1.48. The SMILES string of the molecule is C.CC[C@H]1C[C@H](n2cnc3c(=O)[nH]c(N)nc32)O[C@@H]1COP(=O)(O)OP(=O)(O)OP(=O)(O)O. The zero-order valence-electron chi connectivity index (χ0n) is 16.2. The van der Waals surface area contributed by atoms with E-state index in [1.165, 1.54) is 10.9 Å². The van der Waals surface area contributed by atoms with Crippen molar-refractivity contribution in [3.05, 3.63) is 16.7 Å². The Morgan fingerprint density at radius 2 is 1.91 bits per heavy atom. The van der Waals surface area contributed by atoms with Crippen LogP contribution in [-0.2, 0) is 31.6 Å². The predicted molar refractivity (Wildman–Crippen MR) is 111 cm³/mol. The van der Waals surface area contributed by atoms with Crippen molar-refractivity contribution >= 4 is 40.6 Å². The topological polar surface area (TPSA) is 259 Å². The number of aromatic nitrogens is 4. The molecule has 1 saturated heterocycles. The largest absolute Gasteiger partial charge is 0.490 e. The van der Waals surface area contributed by atoms with E-state index in [2.05, 4.69) is 28.1 Å². The molecular weight excluding hydrogens is 511 g/mol. The zero-order chi connectivity index (χ0) is 23.9. The van der Waals surface area contributed by atoms with E-state index in [-0.39, 0.29) is 30.5 Å². The highest BCUT2D eigenvalue weighted by atomic mass is 31.3. The second kappa shape index (κ2) is 10.0. The number of nitrogen functional groups attached to an aromatic ring is 1. The molecule has 3 heterocycles. The van der Waals surface area contributed by atoms with Gasteiger partial charge in [-0.3, -0.25) is 18.9 Å². The highest BCUT2D eigenvalue weighted by Crippen LogP contribution is 2.66. The summed E-state index contributed by atoms with van der Waals surface area (Å²) in [5.74, 6) is -0.345. The van der Waals surface area contributed by atoms with Gasteiger partial charge in [0.1, 0.15) is 6.23 Å². The molecule has 1 aliphatic rings. The Balaban J connectivity index is 0.00000385. The van der Waals surface area contributed by atoms with E-state index < -0.39 is 48.0 Å². The molecule has 5 atom stereocenters. The van der Waals surface area contributed by atoms with E-state index in [0.717, 1.165) is 0 Å². The van der Waals surface area contributed by atoms with E-state index in [1.807, 2.05) is 6.92 Å². The molecule has 0 spiro atoms. The van der Waals surface area contributed by atoms with E-state index in [4.69, 9.17) is 20.3 Å². The first-order chi connectivity index (χ1) is 14.7. The number of nitrogens with zero attached hydrogens (tertiary/aromatic N) is 3. The van der Waals surface area contributed by atoms with Gasteiger partial charge in [0.25, 0.3) is 5.56 Å². The fourth-order valence-electron chi connectivity index (χ4n) is 3.19. The van der Waals surface area contributed by atoms with E-state index >= 15 is 0 Å². The third-order valence-electron chi connectivity index (χ3n) is 4.47. The lowest BCUT2D eigenvalue weighted by atomic mass is 9.98. The van der Waals surface area contributed by atoms with Crippen LogP contribution < -0.4 is 11.3 Å². The summed E-state index contributed by atoms with van der Waals surface area (Å²) in [5.41, 5.74) is 5.23. The van der Waals surface area contributed by atoms with Gasteiger partial charge < -0.3 is 30.0 Å². The molecule has 2 aromatic rings. The predicted octanol–water partition coefficient (Wildman–Crippen LogP) is 0.995. The Bertz CT molecular complexity index is 1190. The van der Waals surface area contributed by atoms with Gasteiger partial charge in [-0.2, -0.15) is 13.6 Å². The molecule has 2 aromatic heterocycles. The van der Waals surface area contributed by atoms with Crippen LogP contribution in [0.5, 0.6) is 0 Å². The summed E-state index contributed by atoms with van der Waals surface area (Å²) < 4.78 is 53.4. The number of ether oxygens (including phenoxy) is 1. The summed E-state index contributed by atoms with van der Waals surface area (Å²) in [6.07, 6.45) is 0.763. The first-order valence-electron chi connectivity index (χ1n) is 8.86. The lowest BCUT2D eigenvalue weighted by Gasteiger charge is -2.20. The average molecular weight is 535 g/mol. The van der Waals surface area contributed by atoms with Crippen molar-refractivity contribution in [1.29, 1.82) is 0 Å². The molecule has 0 saturated carbocycles. The summed E-state index contributed by atoms with van der Waals surface area (Å²) in [6.45, 7) is 1.24. The molecule has 0 radical (unpaired) electrons. The molecule has 188 valence electrons. The minimum Gasteiger partial charge on any atom is -0.369 e. The summed E-state index contributed by atoms with van der Waals surface area (Å²) >= 11 is 0. The van der Waals surface area contributed by atoms with Crippen LogP contribution in [0.15, 0.2) is 11.1 Å². The second-order valence-corrected chi connectivity index (χ2v) is 11.1. The molecular formula is C13H24N5O12P3. The zero-order valence-corrected chi connectivity index (χ0v) is 18.9. The number of imidazole rings is 1. The number of nitrogens with two attached hydrogens (primary N) is 1. The molecule has 3 rings (SSSR count). The van der Waals surface area contributed by atoms with Crippen LogP contribution in [0.3, 0.4) is 0 Å². The third kappa shape index (κ3) is 7.01. The normalized spacial score (nSPS) is 24.8. The van der Waals surface area contributed by atoms with Gasteiger partial charge in [0.15, 0.2) is 11.2 Å². The average Bonchev–Trinajstić information content (AvgIpc) is 3.20. The number of aromatic amines is 1. The van der Waals surface area contributed by atoms with Crippen molar-refractivity contribution in [3.8, 4) is 0 Å². The number of anilines is 1. The van der Waals surface area contributed by atoms with Gasteiger partial charge >= 0.3 is 23.5 Å². The van der Waals surface area contributed by atoms with Crippen LogP contribution in [0, 0.1) is 5.92 Å². The van der Waals surface area contributed by atoms with Crippen molar-refractivity contribution in [3.63, 3.8) is 0 Å². The third-order valence-corrected chi connectivity index (χ3v) is 8.27. The Morgan fingerprint density at radius 1 is 1.24 bits per heavy atom. The molecule has 0 aliphatic carbocycles. The number of phosphoric ester groups is 1. The summed E-state index contributed by atoms with van der Waals surface area (Å²) in [5, 5.41) is 0. The molecule has 20 heteroatoms. The maximum Gasteiger partial charge on any atom is 0.490 e. The summed E-state index contributed by atoms with van der Waals surface area (Å²) in [6, 6.07) is 0. The van der Waals surface area contributed by atoms with Crippen LogP contribution in [0.1, 0.15) is 33.4 Å². The van der Waals surface area contributed by atoms with Crippen molar-refractivity contribution in [2.45, 2.75) is 39.5 Å². The van der Waals surface area contributed by atoms with E-state index in [9.17, 15) is 28.3 Å². The molecule has 0 aromatic carbocycles. The first-order valence-corrected chi connectivity index (χ1v) is 13.4. The van der Waals surface area contributed by atoms with Gasteiger partial charge in [-0.05, 0) is 12.3 Å². The highest BCUT2D eigenvalue weighted by Gasteiger charge is 2.43. The lowest BCUT2D eigenvalue weighted by Crippen LogP contribution is -2.22. The fourth-order valence-corrected chi connectivity index (χ4v) is 6.22. The maximum atomic E-state index is 11.9. The fraction of sp³-hybridized carbons (Fsp3) is 0.615. The lowest BCUT2D eigenvalue weighted by molar-refractivity contribution is -0.0288. The minimum atomic E-state index is -5.61. The standard InChI is InChI=1S/C12H20N5O12P3.CH4/c1-2-6-3-8(17-5-14-9-10(17)15-12(13)16-11(9)18)27-7(6)4-26-31(22,23)29-32(24,25)28-30(19,20)21;/h5-8H,2-4H2,1H3,(H,22,23)(H,24,25)(H2,19,20,21)(H3,13,15,16,18);1H4/t6-,7+,8+;/m0./s1. The van der Waals surface area contributed by atoms with Gasteiger partial charge in [-0.25, -0.2) is 18.7 Å². The molecule has 17 nitrogen and oxygen atoms in total. The second-order valence-electron chi connectivity index (χ2n) is 6.70. The number of rotatable bonds is 9. The van der Waals surface area contributed by atoms with Gasteiger partial charge in [-0.15, -0.1) is 0 Å². The Morgan fingerprint density at radius 3 is 2.52 bits per heavy atom. The van der Waals surface area contributed by atoms with Gasteiger partial charge in [0.05, 0.1) is 19.0 Å².